The molecule has 0 spiro atoms. The number of rotatable bonds is 6. The zero-order valence-corrected chi connectivity index (χ0v) is 12.2. The summed E-state index contributed by atoms with van der Waals surface area (Å²) in [6, 6.07) is 5.18. The van der Waals surface area contributed by atoms with E-state index in [4.69, 9.17) is 11.6 Å². The third kappa shape index (κ3) is 4.56. The summed E-state index contributed by atoms with van der Waals surface area (Å²) in [4.78, 5) is 24.5. The topological polar surface area (TPSA) is 49.4 Å². The summed E-state index contributed by atoms with van der Waals surface area (Å²) in [5.41, 5.74) is 1.06. The Morgan fingerprint density at radius 2 is 2.16 bits per heavy atom. The molecular weight excluding hydrogens is 264 g/mol. The van der Waals surface area contributed by atoms with Crippen molar-refractivity contribution in [3.63, 3.8) is 0 Å². The van der Waals surface area contributed by atoms with E-state index in [-0.39, 0.29) is 12.5 Å². The third-order valence-corrected chi connectivity index (χ3v) is 2.98. The van der Waals surface area contributed by atoms with Gasteiger partial charge in [-0.1, -0.05) is 31.5 Å². The summed E-state index contributed by atoms with van der Waals surface area (Å²) in [6.45, 7) is 4.90. The minimum Gasteiger partial charge on any atom is -0.365 e. The average Bonchev–Trinajstić information content (AvgIpc) is 2.36. The minimum atomic E-state index is -0.0759. The highest BCUT2D eigenvalue weighted by Gasteiger charge is 2.13. The van der Waals surface area contributed by atoms with E-state index < -0.39 is 0 Å². The van der Waals surface area contributed by atoms with Crippen molar-refractivity contribution in [2.75, 3.05) is 25.0 Å². The molecule has 104 valence electrons. The molecule has 1 aromatic carbocycles. The number of anilines is 1. The Hall–Kier alpha value is -1.55. The van der Waals surface area contributed by atoms with Crippen LogP contribution in [0.15, 0.2) is 18.2 Å². The summed E-state index contributed by atoms with van der Waals surface area (Å²) in [6.07, 6.45) is 0.709. The SMILES string of the molecule is CC(C)CNC(=O)CN(C)c1cccc(Cl)c1C=O. The average molecular weight is 283 g/mol. The molecule has 1 rings (SSSR count). The number of likely N-dealkylation sites (N-methyl/N-ethyl adjacent to an activating group) is 1. The quantitative estimate of drug-likeness (QED) is 0.815. The molecule has 0 bridgehead atoms. The minimum absolute atomic E-state index is 0.0759. The number of carbonyl (C=O) groups is 2. The van der Waals surface area contributed by atoms with Crippen molar-refractivity contribution in [1.29, 1.82) is 0 Å². The maximum atomic E-state index is 11.7. The zero-order valence-electron chi connectivity index (χ0n) is 11.4. The third-order valence-electron chi connectivity index (χ3n) is 2.65. The molecule has 0 radical (unpaired) electrons. The molecule has 0 unspecified atom stereocenters. The molecule has 1 amide bonds. The van der Waals surface area contributed by atoms with Gasteiger partial charge in [0.25, 0.3) is 0 Å². The number of aldehydes is 1. The molecule has 19 heavy (non-hydrogen) atoms. The van der Waals surface area contributed by atoms with Gasteiger partial charge in [0.15, 0.2) is 6.29 Å². The molecule has 5 heteroatoms. The van der Waals surface area contributed by atoms with Crippen LogP contribution in [0.5, 0.6) is 0 Å². The number of carbonyl (C=O) groups excluding carboxylic acids is 2. The standard InChI is InChI=1S/C14H19ClN2O2/c1-10(2)7-16-14(19)8-17(3)13-6-4-5-12(15)11(13)9-18/h4-6,9-10H,7-8H2,1-3H3,(H,16,19). The van der Waals surface area contributed by atoms with Crippen LogP contribution in [0.3, 0.4) is 0 Å². The maximum Gasteiger partial charge on any atom is 0.239 e. The van der Waals surface area contributed by atoms with Crippen LogP contribution in [0.2, 0.25) is 5.02 Å². The molecule has 0 heterocycles. The summed E-state index contributed by atoms with van der Waals surface area (Å²) < 4.78 is 0. The number of hydrogen-bond acceptors (Lipinski definition) is 3. The molecule has 0 atom stereocenters. The summed E-state index contributed by atoms with van der Waals surface area (Å²) in [7, 11) is 1.76. The highest BCUT2D eigenvalue weighted by Crippen LogP contribution is 2.24. The first-order valence-electron chi connectivity index (χ1n) is 6.17. The first kappa shape index (κ1) is 15.5. The van der Waals surface area contributed by atoms with E-state index in [0.29, 0.717) is 35.0 Å². The van der Waals surface area contributed by atoms with E-state index in [2.05, 4.69) is 5.32 Å². The zero-order chi connectivity index (χ0) is 14.4. The largest absolute Gasteiger partial charge is 0.365 e. The Kier molecular flexibility index (Phi) is 5.83. The van der Waals surface area contributed by atoms with Crippen LogP contribution in [0.25, 0.3) is 0 Å². The Bertz CT molecular complexity index is 461. The van der Waals surface area contributed by atoms with Crippen molar-refractivity contribution < 1.29 is 9.59 Å². The Balaban J connectivity index is 2.73. The second-order valence-corrected chi connectivity index (χ2v) is 5.25. The predicted molar refractivity (Wildman–Crippen MR) is 78.0 cm³/mol. The van der Waals surface area contributed by atoms with E-state index in [9.17, 15) is 9.59 Å². The second-order valence-electron chi connectivity index (χ2n) is 4.84. The Morgan fingerprint density at radius 3 is 2.74 bits per heavy atom. The van der Waals surface area contributed by atoms with Crippen LogP contribution in [0, 0.1) is 5.92 Å². The predicted octanol–water partition coefficient (Wildman–Crippen LogP) is 2.36. The van der Waals surface area contributed by atoms with Crippen molar-refractivity contribution in [1.82, 2.24) is 5.32 Å². The lowest BCUT2D eigenvalue weighted by molar-refractivity contribution is -0.119. The van der Waals surface area contributed by atoms with Gasteiger partial charge in [-0.25, -0.2) is 0 Å². The molecule has 4 nitrogen and oxygen atoms in total. The van der Waals surface area contributed by atoms with Gasteiger partial charge in [0.05, 0.1) is 17.1 Å². The molecule has 0 saturated carbocycles. The van der Waals surface area contributed by atoms with Gasteiger partial charge >= 0.3 is 0 Å². The number of amides is 1. The van der Waals surface area contributed by atoms with Gasteiger partial charge in [-0.05, 0) is 18.1 Å². The molecule has 0 aliphatic rings. The van der Waals surface area contributed by atoms with E-state index in [0.717, 1.165) is 0 Å². The van der Waals surface area contributed by atoms with Crippen molar-refractivity contribution in [2.45, 2.75) is 13.8 Å². The van der Waals surface area contributed by atoms with Gasteiger partial charge in [0, 0.05) is 19.3 Å². The number of halogens is 1. The fourth-order valence-electron chi connectivity index (χ4n) is 1.65. The van der Waals surface area contributed by atoms with Crippen LogP contribution in [-0.2, 0) is 4.79 Å². The van der Waals surface area contributed by atoms with Crippen molar-refractivity contribution in [2.24, 2.45) is 5.92 Å². The lowest BCUT2D eigenvalue weighted by Gasteiger charge is -2.21. The molecule has 0 aromatic heterocycles. The lowest BCUT2D eigenvalue weighted by atomic mass is 10.2. The van der Waals surface area contributed by atoms with Crippen molar-refractivity contribution >= 4 is 29.5 Å². The number of nitrogens with zero attached hydrogens (tertiary/aromatic N) is 1. The Morgan fingerprint density at radius 1 is 1.47 bits per heavy atom. The van der Waals surface area contributed by atoms with Crippen LogP contribution in [0.1, 0.15) is 24.2 Å². The lowest BCUT2D eigenvalue weighted by Crippen LogP contribution is -2.37. The van der Waals surface area contributed by atoms with E-state index in [1.165, 1.54) is 0 Å². The van der Waals surface area contributed by atoms with E-state index in [1.54, 1.807) is 30.1 Å². The van der Waals surface area contributed by atoms with Gasteiger partial charge in [-0.15, -0.1) is 0 Å². The summed E-state index contributed by atoms with van der Waals surface area (Å²) >= 11 is 5.95. The fourth-order valence-corrected chi connectivity index (χ4v) is 1.86. The number of nitrogens with one attached hydrogen (secondary N) is 1. The number of hydrogen-bond donors (Lipinski definition) is 1. The van der Waals surface area contributed by atoms with Gasteiger partial charge in [0.1, 0.15) is 0 Å². The van der Waals surface area contributed by atoms with E-state index in [1.807, 2.05) is 13.8 Å². The highest BCUT2D eigenvalue weighted by molar-refractivity contribution is 6.33. The molecule has 1 N–H and O–H groups in total. The van der Waals surface area contributed by atoms with Crippen molar-refractivity contribution in [3.8, 4) is 0 Å². The highest BCUT2D eigenvalue weighted by atomic mass is 35.5. The van der Waals surface area contributed by atoms with Crippen LogP contribution >= 0.6 is 11.6 Å². The first-order valence-corrected chi connectivity index (χ1v) is 6.55. The van der Waals surface area contributed by atoms with Crippen LogP contribution < -0.4 is 10.2 Å². The van der Waals surface area contributed by atoms with Gasteiger partial charge in [-0.2, -0.15) is 0 Å². The van der Waals surface area contributed by atoms with Crippen LogP contribution in [0.4, 0.5) is 5.69 Å². The van der Waals surface area contributed by atoms with Gasteiger partial charge < -0.3 is 10.2 Å². The summed E-state index contributed by atoms with van der Waals surface area (Å²) in [5.74, 6) is 0.332. The molecule has 0 saturated heterocycles. The molecule has 0 aliphatic carbocycles. The Labute approximate surface area is 118 Å². The monoisotopic (exact) mass is 282 g/mol. The van der Waals surface area contributed by atoms with Crippen molar-refractivity contribution in [3.05, 3.63) is 28.8 Å². The van der Waals surface area contributed by atoms with Gasteiger partial charge in [-0.3, -0.25) is 9.59 Å². The van der Waals surface area contributed by atoms with Gasteiger partial charge in [0.2, 0.25) is 5.91 Å². The number of benzene rings is 1. The van der Waals surface area contributed by atoms with Crippen LogP contribution in [-0.4, -0.2) is 32.3 Å². The smallest absolute Gasteiger partial charge is 0.239 e. The molecular formula is C14H19ClN2O2. The van der Waals surface area contributed by atoms with E-state index >= 15 is 0 Å². The summed E-state index contributed by atoms with van der Waals surface area (Å²) in [5, 5.41) is 3.22. The normalized spacial score (nSPS) is 10.4. The fraction of sp³-hybridized carbons (Fsp3) is 0.429. The molecule has 0 fully saturated rings. The maximum absolute atomic E-state index is 11.7. The second kappa shape index (κ2) is 7.14. The molecule has 1 aromatic rings. The molecule has 0 aliphatic heterocycles. The first-order chi connectivity index (χ1) is 8.95.